The number of ether oxygens (including phenoxy) is 2. The highest BCUT2D eigenvalue weighted by Crippen LogP contribution is 2.22. The number of amides is 2. The van der Waals surface area contributed by atoms with Crippen LogP contribution in [0.25, 0.3) is 0 Å². The van der Waals surface area contributed by atoms with Crippen molar-refractivity contribution in [3.8, 4) is 0 Å². The van der Waals surface area contributed by atoms with Crippen LogP contribution in [0.3, 0.4) is 0 Å². The molecule has 26 heavy (non-hydrogen) atoms. The summed E-state index contributed by atoms with van der Waals surface area (Å²) in [5.41, 5.74) is 0.933. The zero-order valence-corrected chi connectivity index (χ0v) is 14.4. The molecule has 1 aromatic rings. The summed E-state index contributed by atoms with van der Waals surface area (Å²) in [5, 5.41) is 8.87. The molecule has 2 fully saturated rings. The molecule has 0 spiro atoms. The van der Waals surface area contributed by atoms with E-state index in [0.29, 0.717) is 26.1 Å². The van der Waals surface area contributed by atoms with E-state index in [1.54, 1.807) is 4.90 Å². The van der Waals surface area contributed by atoms with E-state index in [0.717, 1.165) is 10.5 Å². The number of halogens is 1. The third-order valence-electron chi connectivity index (χ3n) is 4.72. The van der Waals surface area contributed by atoms with Crippen LogP contribution in [0, 0.1) is 5.92 Å². The Morgan fingerprint density at radius 2 is 1.88 bits per heavy atom. The van der Waals surface area contributed by atoms with E-state index in [1.165, 1.54) is 0 Å². The van der Waals surface area contributed by atoms with Gasteiger partial charge in [-0.3, -0.25) is 0 Å². The Kier molecular flexibility index (Phi) is 5.92. The van der Waals surface area contributed by atoms with Gasteiger partial charge >= 0.3 is 12.2 Å². The Labute approximate surface area is 151 Å². The average Bonchev–Trinajstić information content (AvgIpc) is 2.60. The van der Waals surface area contributed by atoms with Crippen LogP contribution in [-0.2, 0) is 16.1 Å². The molecule has 2 atom stereocenters. The highest BCUT2D eigenvalue weighted by molar-refractivity contribution is 5.68. The second-order valence-corrected chi connectivity index (χ2v) is 6.72. The summed E-state index contributed by atoms with van der Waals surface area (Å²) >= 11 is 0. The van der Waals surface area contributed by atoms with Gasteiger partial charge in [0.25, 0.3) is 0 Å². The molecular weight excluding hydrogens is 343 g/mol. The number of likely N-dealkylation sites (tertiary alicyclic amines) is 2. The van der Waals surface area contributed by atoms with Crippen molar-refractivity contribution >= 4 is 12.2 Å². The van der Waals surface area contributed by atoms with Crippen molar-refractivity contribution in [1.82, 2.24) is 9.80 Å². The fourth-order valence-corrected chi connectivity index (χ4v) is 3.14. The Bertz CT molecular complexity index is 623. The number of benzene rings is 1. The molecule has 0 aliphatic carbocycles. The van der Waals surface area contributed by atoms with Crippen LogP contribution < -0.4 is 0 Å². The van der Waals surface area contributed by atoms with E-state index >= 15 is 0 Å². The number of piperidine rings is 1. The third kappa shape index (κ3) is 4.63. The maximum atomic E-state index is 14.0. The van der Waals surface area contributed by atoms with Crippen LogP contribution in [0.4, 0.5) is 14.0 Å². The number of carbonyl (C=O) groups excluding carboxylic acids is 1. The molecule has 1 aromatic carbocycles. The van der Waals surface area contributed by atoms with Crippen LogP contribution in [-0.4, -0.2) is 72.2 Å². The monoisotopic (exact) mass is 366 g/mol. The summed E-state index contributed by atoms with van der Waals surface area (Å²) in [6.07, 6.45) is -3.00. The number of hydrogen-bond acceptors (Lipinski definition) is 4. The van der Waals surface area contributed by atoms with Gasteiger partial charge in [-0.2, -0.15) is 0 Å². The smallest absolute Gasteiger partial charge is 0.410 e. The van der Waals surface area contributed by atoms with E-state index in [2.05, 4.69) is 0 Å². The van der Waals surface area contributed by atoms with Crippen LogP contribution >= 0.6 is 0 Å². The zero-order valence-electron chi connectivity index (χ0n) is 14.4. The zero-order chi connectivity index (χ0) is 18.5. The van der Waals surface area contributed by atoms with Crippen molar-refractivity contribution in [3.63, 3.8) is 0 Å². The van der Waals surface area contributed by atoms with E-state index in [-0.39, 0.29) is 31.7 Å². The van der Waals surface area contributed by atoms with E-state index in [9.17, 15) is 14.0 Å². The molecular formula is C18H23FN2O5. The predicted molar refractivity (Wildman–Crippen MR) is 90.5 cm³/mol. The first-order chi connectivity index (χ1) is 12.5. The van der Waals surface area contributed by atoms with Gasteiger partial charge in [-0.1, -0.05) is 30.3 Å². The molecule has 2 amide bonds. The predicted octanol–water partition coefficient (Wildman–Crippen LogP) is 2.36. The fraction of sp³-hybridized carbons (Fsp3) is 0.556. The molecule has 0 saturated carbocycles. The van der Waals surface area contributed by atoms with E-state index in [4.69, 9.17) is 14.6 Å². The SMILES string of the molecule is O=C(O)N1CC[C@H](OCC2CN(C(=O)OCc3ccccc3)C2)[C@H](F)C1. The van der Waals surface area contributed by atoms with Crippen molar-refractivity contribution in [2.75, 3.05) is 32.8 Å². The number of hydrogen-bond donors (Lipinski definition) is 1. The molecule has 1 N–H and O–H groups in total. The molecule has 2 aliphatic rings. The van der Waals surface area contributed by atoms with Crippen molar-refractivity contribution < 1.29 is 28.6 Å². The lowest BCUT2D eigenvalue weighted by Crippen LogP contribution is -2.53. The maximum absolute atomic E-state index is 14.0. The quantitative estimate of drug-likeness (QED) is 0.865. The summed E-state index contributed by atoms with van der Waals surface area (Å²) < 4.78 is 24.8. The van der Waals surface area contributed by atoms with Crippen LogP contribution in [0.5, 0.6) is 0 Å². The molecule has 0 bridgehead atoms. The molecule has 8 heteroatoms. The molecule has 0 radical (unpaired) electrons. The molecule has 7 nitrogen and oxygen atoms in total. The average molecular weight is 366 g/mol. The van der Waals surface area contributed by atoms with Crippen molar-refractivity contribution in [1.29, 1.82) is 0 Å². The fourth-order valence-electron chi connectivity index (χ4n) is 3.14. The molecule has 0 unspecified atom stereocenters. The summed E-state index contributed by atoms with van der Waals surface area (Å²) in [4.78, 5) is 25.4. The normalized spacial score (nSPS) is 23.4. The number of carboxylic acid groups (broad SMARTS) is 1. The first-order valence-corrected chi connectivity index (χ1v) is 8.72. The van der Waals surface area contributed by atoms with Gasteiger partial charge in [0.15, 0.2) is 0 Å². The van der Waals surface area contributed by atoms with Crippen molar-refractivity contribution in [2.45, 2.75) is 25.3 Å². The Morgan fingerprint density at radius 1 is 1.15 bits per heavy atom. The van der Waals surface area contributed by atoms with E-state index in [1.807, 2.05) is 30.3 Å². The van der Waals surface area contributed by atoms with Gasteiger partial charge in [0, 0.05) is 25.6 Å². The standard InChI is InChI=1S/C18H23FN2O5/c19-15-10-20(17(22)23)7-6-16(15)25-12-14-8-21(9-14)18(24)26-11-13-4-2-1-3-5-13/h1-5,14-16H,6-12H2,(H,22,23)/t15-,16+/m1/s1. The van der Waals surface area contributed by atoms with Gasteiger partial charge in [0.2, 0.25) is 0 Å². The highest BCUT2D eigenvalue weighted by Gasteiger charge is 2.36. The maximum Gasteiger partial charge on any atom is 0.410 e. The minimum absolute atomic E-state index is 0.150. The molecule has 3 rings (SSSR count). The summed E-state index contributed by atoms with van der Waals surface area (Å²) in [6.45, 7) is 1.78. The Morgan fingerprint density at radius 3 is 2.54 bits per heavy atom. The van der Waals surface area contributed by atoms with Crippen molar-refractivity contribution in [2.24, 2.45) is 5.92 Å². The first-order valence-electron chi connectivity index (χ1n) is 8.72. The van der Waals surface area contributed by atoms with Crippen LogP contribution in [0.2, 0.25) is 0 Å². The Hall–Kier alpha value is -2.35. The molecule has 2 saturated heterocycles. The van der Waals surface area contributed by atoms with Crippen molar-refractivity contribution in [3.05, 3.63) is 35.9 Å². The molecule has 2 aliphatic heterocycles. The highest BCUT2D eigenvalue weighted by atomic mass is 19.1. The number of nitrogens with zero attached hydrogens (tertiary/aromatic N) is 2. The number of alkyl halides is 1. The van der Waals surface area contributed by atoms with Gasteiger partial charge in [0.1, 0.15) is 12.8 Å². The Balaban J connectivity index is 1.32. The van der Waals surface area contributed by atoms with Gasteiger partial charge < -0.3 is 24.4 Å². The summed E-state index contributed by atoms with van der Waals surface area (Å²) in [6, 6.07) is 9.46. The lowest BCUT2D eigenvalue weighted by molar-refractivity contribution is -0.0717. The lowest BCUT2D eigenvalue weighted by Gasteiger charge is -2.40. The van der Waals surface area contributed by atoms with Gasteiger partial charge in [-0.05, 0) is 12.0 Å². The van der Waals surface area contributed by atoms with Crippen LogP contribution in [0.1, 0.15) is 12.0 Å². The third-order valence-corrected chi connectivity index (χ3v) is 4.72. The van der Waals surface area contributed by atoms with Crippen LogP contribution in [0.15, 0.2) is 30.3 Å². The summed E-state index contributed by atoms with van der Waals surface area (Å²) in [7, 11) is 0. The second kappa shape index (κ2) is 8.35. The van der Waals surface area contributed by atoms with E-state index < -0.39 is 18.4 Å². The van der Waals surface area contributed by atoms with Gasteiger partial charge in [-0.25, -0.2) is 14.0 Å². The second-order valence-electron chi connectivity index (χ2n) is 6.72. The largest absolute Gasteiger partial charge is 0.465 e. The lowest BCUT2D eigenvalue weighted by atomic mass is 10.0. The first kappa shape index (κ1) is 18.4. The molecule has 0 aromatic heterocycles. The van der Waals surface area contributed by atoms with Gasteiger partial charge in [0.05, 0.1) is 19.3 Å². The molecule has 2 heterocycles. The minimum Gasteiger partial charge on any atom is -0.465 e. The topological polar surface area (TPSA) is 79.3 Å². The number of rotatable bonds is 5. The van der Waals surface area contributed by atoms with Gasteiger partial charge in [-0.15, -0.1) is 0 Å². The molecule has 142 valence electrons. The minimum atomic E-state index is -1.31. The summed E-state index contributed by atoms with van der Waals surface area (Å²) in [5.74, 6) is 0.156. The number of carbonyl (C=O) groups is 2.